The average Bonchev–Trinajstić information content (AvgIpc) is 2.24. The molecule has 0 saturated heterocycles. The minimum absolute atomic E-state index is 0.725. The van der Waals surface area contributed by atoms with Crippen LogP contribution in [0.4, 0.5) is 0 Å². The summed E-state index contributed by atoms with van der Waals surface area (Å²) >= 11 is 7.89. The molecule has 0 radical (unpaired) electrons. The Hall–Kier alpha value is -0.180. The average molecular weight is 258 g/mol. The molecular formula is C13H20ClNS. The Labute approximate surface area is 108 Å². The van der Waals surface area contributed by atoms with E-state index in [4.69, 9.17) is 11.6 Å². The number of hydrogen-bond donors (Lipinski definition) is 1. The third kappa shape index (κ3) is 4.77. The van der Waals surface area contributed by atoms with Gasteiger partial charge in [-0.05, 0) is 48.6 Å². The number of rotatable bonds is 6. The van der Waals surface area contributed by atoms with E-state index < -0.39 is 0 Å². The molecular weight excluding hydrogens is 238 g/mol. The van der Waals surface area contributed by atoms with E-state index in [0.29, 0.717) is 0 Å². The van der Waals surface area contributed by atoms with E-state index in [0.717, 1.165) is 29.6 Å². The molecule has 0 aliphatic rings. The number of nitrogens with one attached hydrogen (secondary N) is 1. The van der Waals surface area contributed by atoms with Crippen molar-refractivity contribution in [3.05, 3.63) is 34.3 Å². The zero-order valence-electron chi connectivity index (χ0n) is 10.2. The monoisotopic (exact) mass is 257 g/mol. The summed E-state index contributed by atoms with van der Waals surface area (Å²) < 4.78 is 0. The number of halogens is 1. The molecule has 0 saturated carbocycles. The minimum atomic E-state index is 0.725. The molecule has 90 valence electrons. The third-order valence-corrected chi connectivity index (χ3v) is 3.82. The van der Waals surface area contributed by atoms with E-state index in [1.165, 1.54) is 11.3 Å². The van der Waals surface area contributed by atoms with E-state index >= 15 is 0 Å². The molecule has 1 unspecified atom stereocenters. The van der Waals surface area contributed by atoms with Crippen LogP contribution in [0.3, 0.4) is 0 Å². The first-order valence-corrected chi connectivity index (χ1v) is 7.35. The molecule has 1 atom stereocenters. The molecule has 0 aliphatic heterocycles. The van der Waals surface area contributed by atoms with Crippen LogP contribution in [0.1, 0.15) is 18.1 Å². The lowest BCUT2D eigenvalue weighted by Crippen LogP contribution is -2.22. The summed E-state index contributed by atoms with van der Waals surface area (Å²) in [5.41, 5.74) is 2.45. The van der Waals surface area contributed by atoms with Crippen molar-refractivity contribution in [1.29, 1.82) is 0 Å². The summed E-state index contributed by atoms with van der Waals surface area (Å²) in [6, 6.07) is 6.20. The first kappa shape index (κ1) is 13.9. The Morgan fingerprint density at radius 2 is 2.19 bits per heavy atom. The second kappa shape index (κ2) is 7.21. The molecule has 0 aromatic heterocycles. The fourth-order valence-corrected chi connectivity index (χ4v) is 2.43. The van der Waals surface area contributed by atoms with Gasteiger partial charge in [-0.25, -0.2) is 0 Å². The van der Waals surface area contributed by atoms with Crippen LogP contribution in [-0.4, -0.2) is 18.6 Å². The van der Waals surface area contributed by atoms with Gasteiger partial charge in [0.25, 0.3) is 0 Å². The van der Waals surface area contributed by atoms with Gasteiger partial charge in [-0.3, -0.25) is 0 Å². The summed E-state index contributed by atoms with van der Waals surface area (Å²) in [5, 5.41) is 4.32. The predicted molar refractivity (Wildman–Crippen MR) is 75.4 cm³/mol. The first-order valence-electron chi connectivity index (χ1n) is 5.58. The summed E-state index contributed by atoms with van der Waals surface area (Å²) in [7, 11) is 0. The smallest absolute Gasteiger partial charge is 0.0435 e. The predicted octanol–water partition coefficient (Wildman–Crippen LogP) is 3.74. The molecule has 0 spiro atoms. The van der Waals surface area contributed by atoms with Crippen LogP contribution in [0.25, 0.3) is 0 Å². The summed E-state index contributed by atoms with van der Waals surface area (Å²) in [6.07, 6.45) is 2.15. The first-order chi connectivity index (χ1) is 7.63. The zero-order chi connectivity index (χ0) is 12.0. The van der Waals surface area contributed by atoms with E-state index in [9.17, 15) is 0 Å². The maximum atomic E-state index is 5.98. The van der Waals surface area contributed by atoms with Gasteiger partial charge in [0, 0.05) is 11.6 Å². The van der Waals surface area contributed by atoms with Crippen LogP contribution < -0.4 is 5.32 Å². The van der Waals surface area contributed by atoms with Gasteiger partial charge in [-0.15, -0.1) is 0 Å². The van der Waals surface area contributed by atoms with Gasteiger partial charge in [-0.2, -0.15) is 11.8 Å². The lowest BCUT2D eigenvalue weighted by molar-refractivity contribution is 0.559. The lowest BCUT2D eigenvalue weighted by Gasteiger charge is -2.11. The number of aryl methyl sites for hydroxylation is 1. The second-order valence-electron chi connectivity index (χ2n) is 4.27. The maximum absolute atomic E-state index is 5.98. The van der Waals surface area contributed by atoms with Crippen molar-refractivity contribution >= 4 is 23.4 Å². The van der Waals surface area contributed by atoms with Crippen molar-refractivity contribution in [2.45, 2.75) is 20.4 Å². The molecule has 1 aromatic rings. The molecule has 1 N–H and O–H groups in total. The highest BCUT2D eigenvalue weighted by molar-refractivity contribution is 7.98. The van der Waals surface area contributed by atoms with E-state index in [1.54, 1.807) is 0 Å². The van der Waals surface area contributed by atoms with Gasteiger partial charge < -0.3 is 5.32 Å². The van der Waals surface area contributed by atoms with Crippen LogP contribution in [0.5, 0.6) is 0 Å². The topological polar surface area (TPSA) is 12.0 Å². The van der Waals surface area contributed by atoms with Crippen LogP contribution in [0.15, 0.2) is 18.2 Å². The lowest BCUT2D eigenvalue weighted by atomic mass is 10.1. The van der Waals surface area contributed by atoms with Gasteiger partial charge in [0.15, 0.2) is 0 Å². The van der Waals surface area contributed by atoms with Crippen LogP contribution in [-0.2, 0) is 6.54 Å². The van der Waals surface area contributed by atoms with Crippen molar-refractivity contribution in [3.63, 3.8) is 0 Å². The number of hydrogen-bond acceptors (Lipinski definition) is 2. The maximum Gasteiger partial charge on any atom is 0.0435 e. The standard InChI is InChI=1S/C13H20ClNS/c1-10(9-16-3)7-15-8-12-4-5-13(14)11(2)6-12/h4-6,10,15H,7-9H2,1-3H3. The molecule has 0 bridgehead atoms. The Morgan fingerprint density at radius 3 is 2.81 bits per heavy atom. The van der Waals surface area contributed by atoms with E-state index in [-0.39, 0.29) is 0 Å². The summed E-state index contributed by atoms with van der Waals surface area (Å²) in [4.78, 5) is 0. The Bertz CT molecular complexity index is 328. The van der Waals surface area contributed by atoms with Crippen molar-refractivity contribution in [3.8, 4) is 0 Å². The van der Waals surface area contributed by atoms with Crippen molar-refractivity contribution in [1.82, 2.24) is 5.32 Å². The molecule has 0 heterocycles. The van der Waals surface area contributed by atoms with Crippen LogP contribution in [0.2, 0.25) is 5.02 Å². The number of benzene rings is 1. The van der Waals surface area contributed by atoms with Crippen LogP contribution in [0, 0.1) is 12.8 Å². The molecule has 16 heavy (non-hydrogen) atoms. The van der Waals surface area contributed by atoms with Crippen molar-refractivity contribution in [2.24, 2.45) is 5.92 Å². The van der Waals surface area contributed by atoms with Gasteiger partial charge in [0.1, 0.15) is 0 Å². The molecule has 1 nitrogen and oxygen atoms in total. The van der Waals surface area contributed by atoms with Gasteiger partial charge >= 0.3 is 0 Å². The van der Waals surface area contributed by atoms with Crippen molar-refractivity contribution < 1.29 is 0 Å². The SMILES string of the molecule is CSCC(C)CNCc1ccc(Cl)c(C)c1. The van der Waals surface area contributed by atoms with Gasteiger partial charge in [0.2, 0.25) is 0 Å². The largest absolute Gasteiger partial charge is 0.312 e. The third-order valence-electron chi connectivity index (χ3n) is 2.50. The fourth-order valence-electron chi connectivity index (χ4n) is 1.62. The summed E-state index contributed by atoms with van der Waals surface area (Å²) in [6.45, 7) is 6.32. The molecule has 3 heteroatoms. The van der Waals surface area contributed by atoms with Crippen LogP contribution >= 0.6 is 23.4 Å². The highest BCUT2D eigenvalue weighted by Crippen LogP contribution is 2.16. The fraction of sp³-hybridized carbons (Fsp3) is 0.538. The summed E-state index contributed by atoms with van der Waals surface area (Å²) in [5.74, 6) is 1.94. The molecule has 1 aromatic carbocycles. The Morgan fingerprint density at radius 1 is 1.44 bits per heavy atom. The van der Waals surface area contributed by atoms with Gasteiger partial charge in [-0.1, -0.05) is 30.7 Å². The molecule has 0 amide bonds. The Balaban J connectivity index is 2.34. The minimum Gasteiger partial charge on any atom is -0.312 e. The van der Waals surface area contributed by atoms with E-state index in [2.05, 4.69) is 30.6 Å². The second-order valence-corrected chi connectivity index (χ2v) is 5.59. The Kier molecular flexibility index (Phi) is 6.25. The quantitative estimate of drug-likeness (QED) is 0.833. The molecule has 1 rings (SSSR count). The highest BCUT2D eigenvalue weighted by Gasteiger charge is 2.01. The van der Waals surface area contributed by atoms with Gasteiger partial charge in [0.05, 0.1) is 0 Å². The van der Waals surface area contributed by atoms with Crippen molar-refractivity contribution in [2.75, 3.05) is 18.6 Å². The molecule has 0 aliphatic carbocycles. The zero-order valence-corrected chi connectivity index (χ0v) is 11.8. The normalized spacial score (nSPS) is 12.8. The number of thioether (sulfide) groups is 1. The highest BCUT2D eigenvalue weighted by atomic mass is 35.5. The molecule has 0 fully saturated rings. The van der Waals surface area contributed by atoms with E-state index in [1.807, 2.05) is 24.8 Å².